The summed E-state index contributed by atoms with van der Waals surface area (Å²) in [6, 6.07) is 0. The number of fused-ring (bicyclic) bond motifs is 6. The van der Waals surface area contributed by atoms with E-state index < -0.39 is 5.60 Å². The van der Waals surface area contributed by atoms with Crippen LogP contribution in [0.3, 0.4) is 0 Å². The lowest BCUT2D eigenvalue weighted by Crippen LogP contribution is -2.53. The van der Waals surface area contributed by atoms with E-state index in [9.17, 15) is 14.4 Å². The first-order valence-electron chi connectivity index (χ1n) is 11.0. The first-order chi connectivity index (χ1) is 13.7. The molecule has 0 N–H and O–H groups in total. The Hall–Kier alpha value is -1.91. The molecule has 0 aromatic heterocycles. The van der Waals surface area contributed by atoms with Crippen molar-refractivity contribution in [3.63, 3.8) is 0 Å². The Morgan fingerprint density at radius 3 is 2.66 bits per heavy atom. The number of carbonyl (C=O) groups is 3. The van der Waals surface area contributed by atoms with Gasteiger partial charge in [0.2, 0.25) is 0 Å². The van der Waals surface area contributed by atoms with Gasteiger partial charge >= 0.3 is 11.9 Å². The molecule has 5 aliphatic rings. The molecule has 5 heteroatoms. The Bertz CT molecular complexity index is 868. The fraction of sp³-hybridized carbons (Fsp3) is 0.708. The summed E-state index contributed by atoms with van der Waals surface area (Å²) in [7, 11) is 1.46. The first kappa shape index (κ1) is 19.1. The predicted molar refractivity (Wildman–Crippen MR) is 106 cm³/mol. The molecule has 4 aliphatic carbocycles. The zero-order valence-electron chi connectivity index (χ0n) is 17.6. The number of hydrogen-bond acceptors (Lipinski definition) is 5. The molecule has 156 valence electrons. The monoisotopic (exact) mass is 398 g/mol. The molecule has 0 aromatic carbocycles. The Morgan fingerprint density at radius 1 is 1.17 bits per heavy atom. The van der Waals surface area contributed by atoms with Crippen LogP contribution in [0.5, 0.6) is 0 Å². The maximum Gasteiger partial charge on any atom is 0.309 e. The summed E-state index contributed by atoms with van der Waals surface area (Å²) in [6.07, 6.45) is 10.1. The van der Waals surface area contributed by atoms with Crippen molar-refractivity contribution in [2.45, 2.75) is 70.8 Å². The molecule has 29 heavy (non-hydrogen) atoms. The fourth-order valence-corrected chi connectivity index (χ4v) is 7.53. The molecule has 1 aliphatic heterocycles. The van der Waals surface area contributed by atoms with Crippen molar-refractivity contribution in [2.24, 2.45) is 28.6 Å². The van der Waals surface area contributed by atoms with Gasteiger partial charge in [0.25, 0.3) is 0 Å². The van der Waals surface area contributed by atoms with E-state index in [0.29, 0.717) is 19.3 Å². The topological polar surface area (TPSA) is 69.7 Å². The molecule has 5 rings (SSSR count). The van der Waals surface area contributed by atoms with E-state index in [0.717, 1.165) is 37.7 Å². The normalized spacial score (nSPS) is 45.7. The van der Waals surface area contributed by atoms with Gasteiger partial charge < -0.3 is 9.47 Å². The van der Waals surface area contributed by atoms with Crippen molar-refractivity contribution in [3.8, 4) is 0 Å². The highest BCUT2D eigenvalue weighted by atomic mass is 16.6. The van der Waals surface area contributed by atoms with Gasteiger partial charge in [0.05, 0.1) is 13.0 Å². The van der Waals surface area contributed by atoms with Crippen LogP contribution in [0.4, 0.5) is 0 Å². The van der Waals surface area contributed by atoms with E-state index >= 15 is 0 Å². The molecule has 0 radical (unpaired) electrons. The van der Waals surface area contributed by atoms with E-state index in [4.69, 9.17) is 9.47 Å². The SMILES string of the molecule is COC(=O)[C@@H]1CC2=CC(=O)CCC2(C)C2=CCC3(C)C(CC[C@@]34CCC(=O)O4)[C@@H]21. The second kappa shape index (κ2) is 6.05. The summed E-state index contributed by atoms with van der Waals surface area (Å²) < 4.78 is 11.2. The van der Waals surface area contributed by atoms with Crippen LogP contribution in [-0.4, -0.2) is 30.4 Å². The van der Waals surface area contributed by atoms with Gasteiger partial charge in [-0.15, -0.1) is 0 Å². The number of carbonyl (C=O) groups excluding carboxylic acids is 3. The summed E-state index contributed by atoms with van der Waals surface area (Å²) in [5.41, 5.74) is 1.72. The molecule has 0 aromatic rings. The van der Waals surface area contributed by atoms with Gasteiger partial charge in [-0.3, -0.25) is 14.4 Å². The zero-order valence-corrected chi connectivity index (χ0v) is 17.6. The minimum absolute atomic E-state index is 0.0854. The average Bonchev–Trinajstić information content (AvgIpc) is 3.22. The molecule has 2 saturated carbocycles. The lowest BCUT2D eigenvalue weighted by molar-refractivity contribution is -0.163. The zero-order chi connectivity index (χ0) is 20.6. The van der Waals surface area contributed by atoms with Crippen molar-refractivity contribution < 1.29 is 23.9 Å². The lowest BCUT2D eigenvalue weighted by atomic mass is 9.48. The highest BCUT2D eigenvalue weighted by molar-refractivity contribution is 5.92. The Labute approximate surface area is 171 Å². The quantitative estimate of drug-likeness (QED) is 0.495. The molecule has 5 nitrogen and oxygen atoms in total. The number of hydrogen-bond donors (Lipinski definition) is 0. The van der Waals surface area contributed by atoms with Gasteiger partial charge in [0, 0.05) is 23.7 Å². The van der Waals surface area contributed by atoms with Gasteiger partial charge in [-0.05, 0) is 56.4 Å². The van der Waals surface area contributed by atoms with Crippen molar-refractivity contribution in [2.75, 3.05) is 7.11 Å². The van der Waals surface area contributed by atoms with Crippen molar-refractivity contribution in [1.82, 2.24) is 0 Å². The van der Waals surface area contributed by atoms with Crippen LogP contribution in [-0.2, 0) is 23.9 Å². The maximum atomic E-state index is 12.9. The number of esters is 2. The number of methoxy groups -OCH3 is 1. The summed E-state index contributed by atoms with van der Waals surface area (Å²) in [6.45, 7) is 4.52. The summed E-state index contributed by atoms with van der Waals surface area (Å²) in [5, 5.41) is 0. The molecule has 3 unspecified atom stereocenters. The van der Waals surface area contributed by atoms with Gasteiger partial charge in [-0.2, -0.15) is 0 Å². The van der Waals surface area contributed by atoms with Crippen LogP contribution in [0.2, 0.25) is 0 Å². The molecule has 0 bridgehead atoms. The van der Waals surface area contributed by atoms with Crippen LogP contribution < -0.4 is 0 Å². The fourth-order valence-electron chi connectivity index (χ4n) is 7.53. The second-order valence-corrected chi connectivity index (χ2v) is 10.2. The van der Waals surface area contributed by atoms with E-state index in [-0.39, 0.29) is 46.3 Å². The minimum Gasteiger partial charge on any atom is -0.469 e. The van der Waals surface area contributed by atoms with Crippen molar-refractivity contribution >= 4 is 17.7 Å². The molecule has 3 fully saturated rings. The number of rotatable bonds is 1. The first-order valence-corrected chi connectivity index (χ1v) is 11.0. The molecule has 6 atom stereocenters. The molecule has 1 spiro atoms. The maximum absolute atomic E-state index is 12.9. The van der Waals surface area contributed by atoms with E-state index in [1.165, 1.54) is 12.7 Å². The number of ether oxygens (including phenoxy) is 2. The van der Waals surface area contributed by atoms with Gasteiger partial charge in [0.15, 0.2) is 5.78 Å². The average molecular weight is 398 g/mol. The summed E-state index contributed by atoms with van der Waals surface area (Å²) in [4.78, 5) is 37.1. The highest BCUT2D eigenvalue weighted by Crippen LogP contribution is 2.69. The largest absolute Gasteiger partial charge is 0.469 e. The lowest BCUT2D eigenvalue weighted by Gasteiger charge is -2.56. The smallest absolute Gasteiger partial charge is 0.309 e. The number of ketones is 1. The minimum atomic E-state index is -0.392. The third-order valence-electron chi connectivity index (χ3n) is 9.23. The van der Waals surface area contributed by atoms with E-state index in [1.54, 1.807) is 6.08 Å². The third kappa shape index (κ3) is 2.36. The van der Waals surface area contributed by atoms with Crippen LogP contribution in [0, 0.1) is 28.6 Å². The highest BCUT2D eigenvalue weighted by Gasteiger charge is 2.67. The predicted octanol–water partition coefficient (Wildman–Crippen LogP) is 3.91. The van der Waals surface area contributed by atoms with Crippen LogP contribution in [0.15, 0.2) is 23.3 Å². The molecule has 0 amide bonds. The molecule has 1 heterocycles. The van der Waals surface area contributed by atoms with Gasteiger partial charge in [-0.25, -0.2) is 0 Å². The summed E-state index contributed by atoms with van der Waals surface area (Å²) >= 11 is 0. The van der Waals surface area contributed by atoms with Crippen LogP contribution in [0.1, 0.15) is 65.2 Å². The number of allylic oxidation sites excluding steroid dienone is 4. The van der Waals surface area contributed by atoms with Crippen LogP contribution in [0.25, 0.3) is 0 Å². The molecular weight excluding hydrogens is 368 g/mol. The molecular formula is C24H30O5. The van der Waals surface area contributed by atoms with Crippen molar-refractivity contribution in [3.05, 3.63) is 23.3 Å². The Balaban J connectivity index is 1.63. The van der Waals surface area contributed by atoms with Crippen LogP contribution >= 0.6 is 0 Å². The second-order valence-electron chi connectivity index (χ2n) is 10.2. The molecule has 1 saturated heterocycles. The van der Waals surface area contributed by atoms with Gasteiger partial charge in [0.1, 0.15) is 5.60 Å². The Morgan fingerprint density at radius 2 is 1.97 bits per heavy atom. The van der Waals surface area contributed by atoms with E-state index in [1.807, 2.05) is 0 Å². The third-order valence-corrected chi connectivity index (χ3v) is 9.23. The standard InChI is InChI=1S/C24H30O5/c1-22-8-4-15(25)12-14(22)13-16(21(27)28-3)20-17(22)5-9-23(2)18(20)6-10-24(23)11-7-19(26)29-24/h5,12,16,18,20H,4,6-11,13H2,1-3H3/t16-,18?,20-,22?,23?,24-/m1/s1. The Kier molecular flexibility index (Phi) is 3.98. The van der Waals surface area contributed by atoms with Gasteiger partial charge in [-0.1, -0.05) is 31.1 Å². The van der Waals surface area contributed by atoms with E-state index in [2.05, 4.69) is 19.9 Å². The van der Waals surface area contributed by atoms with Crippen molar-refractivity contribution in [1.29, 1.82) is 0 Å². The summed E-state index contributed by atoms with van der Waals surface area (Å²) in [5.74, 6) is 0.00356.